The van der Waals surface area contributed by atoms with E-state index in [1.54, 1.807) is 5.56 Å². The number of aryl methyl sites for hydroxylation is 1. The molecule has 1 unspecified atom stereocenters. The average molecular weight is 230 g/mol. The van der Waals surface area contributed by atoms with Gasteiger partial charge in [0.05, 0.1) is 0 Å². The first kappa shape index (κ1) is 12.7. The van der Waals surface area contributed by atoms with E-state index in [1.165, 1.54) is 31.2 Å². The van der Waals surface area contributed by atoms with E-state index in [0.717, 1.165) is 11.8 Å². The molecule has 2 rings (SSSR count). The van der Waals surface area contributed by atoms with E-state index in [9.17, 15) is 0 Å². The molecule has 0 bridgehead atoms. The van der Waals surface area contributed by atoms with Crippen LogP contribution in [0.2, 0.25) is 0 Å². The van der Waals surface area contributed by atoms with E-state index in [1.807, 2.05) is 0 Å². The minimum atomic E-state index is 0.557. The van der Waals surface area contributed by atoms with Crippen LogP contribution in [0.1, 0.15) is 63.5 Å². The number of hydrogen-bond donors (Lipinski definition) is 0. The molecule has 1 fully saturated rings. The number of rotatable bonds is 2. The minimum Gasteiger partial charge on any atom is -0.0651 e. The second-order valence-corrected chi connectivity index (χ2v) is 6.59. The fraction of sp³-hybridized carbons (Fsp3) is 0.647. The molecule has 2 atom stereocenters. The van der Waals surface area contributed by atoms with Gasteiger partial charge in [0.15, 0.2) is 0 Å². The van der Waals surface area contributed by atoms with E-state index < -0.39 is 0 Å². The van der Waals surface area contributed by atoms with Gasteiger partial charge in [0.1, 0.15) is 0 Å². The minimum absolute atomic E-state index is 0.557. The molecule has 0 heterocycles. The Morgan fingerprint density at radius 2 is 1.82 bits per heavy atom. The van der Waals surface area contributed by atoms with Crippen molar-refractivity contribution in [2.75, 3.05) is 0 Å². The smallest absolute Gasteiger partial charge is 0.0133 e. The summed E-state index contributed by atoms with van der Waals surface area (Å²) in [6.07, 6.45) is 5.46. The Morgan fingerprint density at radius 3 is 2.41 bits per heavy atom. The molecule has 0 amide bonds. The van der Waals surface area contributed by atoms with Gasteiger partial charge in [-0.3, -0.25) is 0 Å². The molecule has 0 saturated heterocycles. The zero-order valence-electron chi connectivity index (χ0n) is 11.8. The molecule has 94 valence electrons. The molecule has 1 aliphatic rings. The molecule has 1 aromatic carbocycles. The van der Waals surface area contributed by atoms with E-state index in [2.05, 4.69) is 52.0 Å². The molecule has 1 saturated carbocycles. The fourth-order valence-electron chi connectivity index (χ4n) is 3.42. The highest BCUT2D eigenvalue weighted by Gasteiger charge is 2.34. The summed E-state index contributed by atoms with van der Waals surface area (Å²) in [6.45, 7) is 9.39. The first-order valence-electron chi connectivity index (χ1n) is 7.08. The van der Waals surface area contributed by atoms with E-state index >= 15 is 0 Å². The van der Waals surface area contributed by atoms with Gasteiger partial charge in [0.2, 0.25) is 0 Å². The summed E-state index contributed by atoms with van der Waals surface area (Å²) in [4.78, 5) is 0. The van der Waals surface area contributed by atoms with Gasteiger partial charge in [-0.25, -0.2) is 0 Å². The van der Waals surface area contributed by atoms with Gasteiger partial charge in [-0.05, 0) is 49.0 Å². The Hall–Kier alpha value is -0.780. The molecule has 0 radical (unpaired) electrons. The van der Waals surface area contributed by atoms with Crippen LogP contribution >= 0.6 is 0 Å². The van der Waals surface area contributed by atoms with Gasteiger partial charge in [-0.15, -0.1) is 0 Å². The third-order valence-electron chi connectivity index (χ3n) is 4.55. The maximum absolute atomic E-state index is 2.43. The lowest BCUT2D eigenvalue weighted by molar-refractivity contribution is 0.152. The van der Waals surface area contributed by atoms with Crippen LogP contribution in [-0.4, -0.2) is 0 Å². The summed E-state index contributed by atoms with van der Waals surface area (Å²) in [7, 11) is 0. The van der Waals surface area contributed by atoms with Gasteiger partial charge < -0.3 is 0 Å². The van der Waals surface area contributed by atoms with Crippen molar-refractivity contribution in [2.24, 2.45) is 11.3 Å². The fourth-order valence-corrected chi connectivity index (χ4v) is 3.42. The SMILES string of the molecule is CCC1CC(C)(C)CC[C@H]1c1ccc(C)cc1. The molecule has 1 aliphatic carbocycles. The first-order chi connectivity index (χ1) is 8.02. The van der Waals surface area contributed by atoms with Crippen LogP contribution in [0.3, 0.4) is 0 Å². The molecule has 1 aromatic rings. The predicted molar refractivity (Wildman–Crippen MR) is 75.3 cm³/mol. The Kier molecular flexibility index (Phi) is 3.61. The van der Waals surface area contributed by atoms with Crippen LogP contribution in [0.4, 0.5) is 0 Å². The monoisotopic (exact) mass is 230 g/mol. The van der Waals surface area contributed by atoms with Crippen molar-refractivity contribution in [1.82, 2.24) is 0 Å². The summed E-state index contributed by atoms with van der Waals surface area (Å²) in [5, 5.41) is 0. The molecular weight excluding hydrogens is 204 g/mol. The third kappa shape index (κ3) is 2.91. The normalized spacial score (nSPS) is 28.0. The van der Waals surface area contributed by atoms with Crippen LogP contribution in [0, 0.1) is 18.3 Å². The lowest BCUT2D eigenvalue weighted by Gasteiger charge is -2.41. The molecule has 0 aromatic heterocycles. The maximum atomic E-state index is 2.43. The van der Waals surface area contributed by atoms with E-state index in [0.29, 0.717) is 5.41 Å². The Morgan fingerprint density at radius 1 is 1.18 bits per heavy atom. The summed E-state index contributed by atoms with van der Waals surface area (Å²) < 4.78 is 0. The summed E-state index contributed by atoms with van der Waals surface area (Å²) in [5.41, 5.74) is 3.50. The standard InChI is InChI=1S/C17H26/c1-5-14-12-17(3,4)11-10-16(14)15-8-6-13(2)7-9-15/h6-9,14,16H,5,10-12H2,1-4H3/t14?,16-/m1/s1. The Bertz CT molecular complexity index is 358. The highest BCUT2D eigenvalue weighted by Crippen LogP contribution is 2.47. The van der Waals surface area contributed by atoms with Crippen molar-refractivity contribution in [2.45, 2.75) is 59.3 Å². The van der Waals surface area contributed by atoms with Crippen molar-refractivity contribution in [3.8, 4) is 0 Å². The molecule has 17 heavy (non-hydrogen) atoms. The summed E-state index contributed by atoms with van der Waals surface area (Å²) in [5.74, 6) is 1.68. The number of hydrogen-bond acceptors (Lipinski definition) is 0. The van der Waals surface area contributed by atoms with Gasteiger partial charge in [0, 0.05) is 0 Å². The number of benzene rings is 1. The van der Waals surface area contributed by atoms with Crippen LogP contribution in [0.25, 0.3) is 0 Å². The third-order valence-corrected chi connectivity index (χ3v) is 4.55. The van der Waals surface area contributed by atoms with Crippen LogP contribution in [-0.2, 0) is 0 Å². The van der Waals surface area contributed by atoms with Gasteiger partial charge in [-0.1, -0.05) is 57.0 Å². The van der Waals surface area contributed by atoms with E-state index in [4.69, 9.17) is 0 Å². The molecule has 0 spiro atoms. The first-order valence-corrected chi connectivity index (χ1v) is 7.08. The maximum Gasteiger partial charge on any atom is -0.0133 e. The Labute approximate surface area is 106 Å². The van der Waals surface area contributed by atoms with Crippen LogP contribution in [0.5, 0.6) is 0 Å². The Balaban J connectivity index is 2.18. The highest BCUT2D eigenvalue weighted by molar-refractivity contribution is 5.25. The van der Waals surface area contributed by atoms with Crippen LogP contribution < -0.4 is 0 Å². The average Bonchev–Trinajstić information content (AvgIpc) is 2.29. The largest absolute Gasteiger partial charge is 0.0651 e. The topological polar surface area (TPSA) is 0 Å². The second-order valence-electron chi connectivity index (χ2n) is 6.59. The summed E-state index contributed by atoms with van der Waals surface area (Å²) in [6, 6.07) is 9.23. The summed E-state index contributed by atoms with van der Waals surface area (Å²) >= 11 is 0. The van der Waals surface area contributed by atoms with Crippen molar-refractivity contribution >= 4 is 0 Å². The zero-order chi connectivity index (χ0) is 12.5. The molecule has 0 N–H and O–H groups in total. The van der Waals surface area contributed by atoms with Crippen molar-refractivity contribution < 1.29 is 0 Å². The zero-order valence-corrected chi connectivity index (χ0v) is 11.8. The molecule has 0 nitrogen and oxygen atoms in total. The van der Waals surface area contributed by atoms with Crippen molar-refractivity contribution in [3.05, 3.63) is 35.4 Å². The molecule has 0 heteroatoms. The van der Waals surface area contributed by atoms with Crippen molar-refractivity contribution in [3.63, 3.8) is 0 Å². The second kappa shape index (κ2) is 4.84. The van der Waals surface area contributed by atoms with Gasteiger partial charge >= 0.3 is 0 Å². The highest BCUT2D eigenvalue weighted by atomic mass is 14.4. The molecular formula is C17H26. The molecule has 0 aliphatic heterocycles. The predicted octanol–water partition coefficient (Wildman–Crippen LogP) is 5.31. The van der Waals surface area contributed by atoms with Crippen molar-refractivity contribution in [1.29, 1.82) is 0 Å². The quantitative estimate of drug-likeness (QED) is 0.645. The lowest BCUT2D eigenvalue weighted by atomic mass is 9.64. The van der Waals surface area contributed by atoms with Crippen LogP contribution in [0.15, 0.2) is 24.3 Å². The van der Waals surface area contributed by atoms with Gasteiger partial charge in [-0.2, -0.15) is 0 Å². The van der Waals surface area contributed by atoms with Gasteiger partial charge in [0.25, 0.3) is 0 Å². The lowest BCUT2D eigenvalue weighted by Crippen LogP contribution is -2.28. The van der Waals surface area contributed by atoms with E-state index in [-0.39, 0.29) is 0 Å².